The van der Waals surface area contributed by atoms with E-state index in [0.717, 1.165) is 72.7 Å². The average Bonchev–Trinajstić information content (AvgIpc) is 0.709. The number of aromatic nitrogens is 5. The molecule has 0 spiro atoms. The van der Waals surface area contributed by atoms with Crippen molar-refractivity contribution < 1.29 is 68.1 Å². The highest BCUT2D eigenvalue weighted by Gasteiger charge is 2.23. The van der Waals surface area contributed by atoms with Gasteiger partial charge in [-0.15, -0.1) is 0 Å². The smallest absolute Gasteiger partial charge is 0.201 e. The van der Waals surface area contributed by atoms with Crippen molar-refractivity contribution in [3.63, 3.8) is 0 Å². The lowest BCUT2D eigenvalue weighted by Gasteiger charge is -2.19. The van der Waals surface area contributed by atoms with Crippen LogP contribution in [0.15, 0.2) is 164 Å². The maximum Gasteiger partial charge on any atom is 0.212 e. The van der Waals surface area contributed by atoms with Gasteiger partial charge in [0.15, 0.2) is 31.0 Å². The third-order valence-corrected chi connectivity index (χ3v) is 16.1. The molecule has 98 heavy (non-hydrogen) atoms. The summed E-state index contributed by atoms with van der Waals surface area (Å²) < 4.78 is 268. The number of hydrogen-bond donors (Lipinski definition) is 0. The van der Waals surface area contributed by atoms with E-state index in [0.29, 0.717) is 44.8 Å². The van der Waals surface area contributed by atoms with E-state index in [1.807, 2.05) is 114 Å². The first-order valence-corrected chi connectivity index (χ1v) is 33.2. The molecule has 0 saturated heterocycles. The summed E-state index contributed by atoms with van der Waals surface area (Å²) in [7, 11) is 8.99. The summed E-state index contributed by atoms with van der Waals surface area (Å²) >= 11 is 0. The van der Waals surface area contributed by atoms with Crippen LogP contribution in [-0.4, -0.2) is 0 Å². The van der Waals surface area contributed by atoms with E-state index in [4.69, 9.17) is 45.2 Å². The number of hydrogen-bond acceptors (Lipinski definition) is 0. The first-order valence-electron chi connectivity index (χ1n) is 49.7. The molecule has 5 heterocycles. The number of nitrogens with zero attached hydrogens (tertiary/aromatic N) is 5. The van der Waals surface area contributed by atoms with Crippen LogP contribution in [0, 0.1) is 113 Å². The van der Waals surface area contributed by atoms with Crippen LogP contribution >= 0.6 is 0 Å². The largest absolute Gasteiger partial charge is 0.212 e. The van der Waals surface area contributed by atoms with Crippen LogP contribution in [0.1, 0.15) is 227 Å². The van der Waals surface area contributed by atoms with Crippen LogP contribution in [0.25, 0.3) is 56.3 Å². The molecule has 1 atom stereocenters. The van der Waals surface area contributed by atoms with Gasteiger partial charge in [0.25, 0.3) is 0 Å². The van der Waals surface area contributed by atoms with E-state index in [1.165, 1.54) is 31.5 Å². The summed E-state index contributed by atoms with van der Waals surface area (Å²) in [6.07, 6.45) is 1.71. The molecular formula is C93H126N5+5. The van der Waals surface area contributed by atoms with E-state index >= 15 is 0 Å². The second-order valence-corrected chi connectivity index (χ2v) is 27.4. The van der Waals surface area contributed by atoms with Crippen LogP contribution < -0.4 is 22.8 Å². The van der Waals surface area contributed by atoms with Gasteiger partial charge in [0.1, 0.15) is 35.2 Å². The molecule has 10 aromatic rings. The highest BCUT2D eigenvalue weighted by molar-refractivity contribution is 5.66. The molecule has 0 N–H and O–H groups in total. The van der Waals surface area contributed by atoms with Gasteiger partial charge >= 0.3 is 0 Å². The Bertz CT molecular complexity index is 5750. The van der Waals surface area contributed by atoms with Gasteiger partial charge in [-0.2, -0.15) is 0 Å². The van der Waals surface area contributed by atoms with Crippen molar-refractivity contribution in [2.45, 2.75) is 197 Å². The van der Waals surface area contributed by atoms with E-state index in [9.17, 15) is 0 Å². The molecule has 0 saturated carbocycles. The Hall–Kier alpha value is -8.15. The highest BCUT2D eigenvalue weighted by atomic mass is 14.9. The van der Waals surface area contributed by atoms with E-state index in [-0.39, 0.29) is 50.8 Å². The zero-order valence-electron chi connectivity index (χ0n) is 94.6. The van der Waals surface area contributed by atoms with Gasteiger partial charge < -0.3 is 0 Å². The van der Waals surface area contributed by atoms with Crippen molar-refractivity contribution in [1.82, 2.24) is 0 Å². The van der Waals surface area contributed by atoms with Gasteiger partial charge in [-0.1, -0.05) is 165 Å². The molecule has 0 radical (unpaired) electrons. The van der Waals surface area contributed by atoms with E-state index in [1.54, 1.807) is 187 Å². The van der Waals surface area contributed by atoms with E-state index < -0.39 is 97.5 Å². The Balaban J connectivity index is 0.000000253. The van der Waals surface area contributed by atoms with Crippen LogP contribution in [0.5, 0.6) is 0 Å². The topological polar surface area (TPSA) is 19.4 Å². The van der Waals surface area contributed by atoms with Gasteiger partial charge in [0, 0.05) is 132 Å². The Morgan fingerprint density at radius 2 is 0.714 bits per heavy atom. The van der Waals surface area contributed by atoms with Crippen molar-refractivity contribution in [2.75, 3.05) is 0 Å². The molecule has 5 aromatic heterocycles. The summed E-state index contributed by atoms with van der Waals surface area (Å²) in [4.78, 5) is 0. The minimum Gasteiger partial charge on any atom is -0.201 e. The minimum absolute atomic E-state index is 0.0192. The first-order chi connectivity index (χ1) is 59.0. The zero-order chi connectivity index (χ0) is 101. The Labute approximate surface area is 642 Å². The molecule has 0 amide bonds. The minimum atomic E-state index is -2.47. The maximum absolute atomic E-state index is 8.67. The fourth-order valence-electron chi connectivity index (χ4n) is 11.5. The van der Waals surface area contributed by atoms with Gasteiger partial charge in [-0.05, 0) is 231 Å². The third-order valence-electron chi connectivity index (χ3n) is 16.1. The highest BCUT2D eigenvalue weighted by Crippen LogP contribution is 2.31. The molecule has 0 aliphatic carbocycles. The molecular weight excluding hydrogens is 1190 g/mol. The normalized spacial score (nSPS) is 18.4. The predicted octanol–water partition coefficient (Wildman–Crippen LogP) is 21.2. The predicted molar refractivity (Wildman–Crippen MR) is 420 cm³/mol. The molecule has 1 unspecified atom stereocenters. The van der Waals surface area contributed by atoms with Gasteiger partial charge in [0.2, 0.25) is 28.5 Å². The summed E-state index contributed by atoms with van der Waals surface area (Å²) in [5, 5.41) is 0. The fraction of sp³-hybridized carbons (Fsp3) is 0.409. The molecule has 5 nitrogen and oxygen atoms in total. The standard InChI is InChI=1S/C20H28N.C19H26N.3C18H24N/c1-14-8-9-18(15(2)10-14)19-11-17(12-20(4,5)6)16(3)13-21(19)7;1-13(2)9-17-11-19(20(6)12-16(17)5)18-8-7-14(3)10-15(18)4;1-12(2)17-11-19(6)18(10-15(17)5)16-8-7-13(3)9-14(16)4;1-13(2)10-16-7-9-18(19(5)12-16)17-8-6-14(3)11-15(17)4;1-13(2)10-16-8-9-19(5)18(12-16)17-7-6-14(3)11-15(17)4/h8-11,13H,12H2,1-7H3;7-8,10-13H,9H2,1-6H3;7-12H,1-6H3;2*6-9,11-13H,10H2,1-5H3/q5*+1/i1D3,3D3,12D2;3D3,5D3,9D2;1D3,3D3,12D;2*3D3,10D2. The maximum atomic E-state index is 8.67. The summed E-state index contributed by atoms with van der Waals surface area (Å²) in [5.41, 5.74) is 15.3. The van der Waals surface area contributed by atoms with Crippen molar-refractivity contribution in [3.8, 4) is 56.3 Å². The molecule has 0 bridgehead atoms. The molecule has 10 rings (SSSR count). The number of rotatable bonds is 13. The summed E-state index contributed by atoms with van der Waals surface area (Å²) in [5.74, 6) is -2.40. The molecule has 5 aromatic carbocycles. The Morgan fingerprint density at radius 3 is 1.09 bits per heavy atom. The molecule has 0 aliphatic rings. The molecule has 0 fully saturated rings. The lowest BCUT2D eigenvalue weighted by molar-refractivity contribution is -0.661. The Kier molecular flexibility index (Phi) is 15.5. The van der Waals surface area contributed by atoms with Crippen molar-refractivity contribution in [3.05, 3.63) is 265 Å². The van der Waals surface area contributed by atoms with Crippen molar-refractivity contribution in [1.29, 1.82) is 0 Å². The van der Waals surface area contributed by atoms with Crippen molar-refractivity contribution >= 4 is 0 Å². The SMILES string of the molecule is [2H]C([2H])([2H])c1ccc(-c2cc(C([2H])([2H])C(C)(C)C)c(C([2H])([2H])[2H])c[n+]2C)c(C)c1.[2H]C([2H])([2H])c1ccc(-c2cc(C([2H])([2H])C(C)C)c(C([2H])([2H])[2H])c[n+]2C)c(C)c1.[2H]C([2H])([2H])c1ccc(-c2cc(C([2H])([2H])C(C)C)cc[n+]2C)c(C)c1.[2H]C([2H])([2H])c1ccc(-c2cc(C)c(C([2H])(C)C([2H])([2H])[2H])c[n+]2C)c(C)c1.[2H]C([2H])([2H])c1ccc(-c2ccc(C([2H])([2H])C(C)C)c[n+]2C)c(C)c1. The second-order valence-electron chi connectivity index (χ2n) is 27.4. The second kappa shape index (κ2) is 35.1. The average molecular weight is 1350 g/mol. The molecule has 0 aliphatic heterocycles. The fourth-order valence-corrected chi connectivity index (χ4v) is 11.5. The number of pyridine rings is 5. The summed E-state index contributed by atoms with van der Waals surface area (Å²) in [6.45, 7) is 10.3. The molecule has 518 valence electrons. The lowest BCUT2D eigenvalue weighted by atomic mass is 9.86. The third kappa shape index (κ3) is 22.4. The van der Waals surface area contributed by atoms with Crippen LogP contribution in [0.3, 0.4) is 0 Å². The van der Waals surface area contributed by atoms with Gasteiger partial charge in [-0.3, -0.25) is 0 Å². The first kappa shape index (κ1) is 43.4. The summed E-state index contributed by atoms with van der Waals surface area (Å²) in [6, 6.07) is 37.3. The van der Waals surface area contributed by atoms with Gasteiger partial charge in [-0.25, -0.2) is 22.8 Å². The molecule has 5 heteroatoms. The zero-order valence-corrected chi connectivity index (χ0v) is 61.6. The van der Waals surface area contributed by atoms with Crippen LogP contribution in [0.4, 0.5) is 0 Å². The van der Waals surface area contributed by atoms with Crippen LogP contribution in [-0.2, 0) is 60.7 Å². The number of benzene rings is 5. The Morgan fingerprint density at radius 1 is 0.347 bits per heavy atom. The van der Waals surface area contributed by atoms with Crippen molar-refractivity contribution in [2.24, 2.45) is 58.4 Å². The quantitative estimate of drug-likeness (QED) is 0.103. The lowest BCUT2D eigenvalue weighted by Crippen LogP contribution is -2.32. The number of aryl methyl sites for hydroxylation is 18. The van der Waals surface area contributed by atoms with Crippen LogP contribution in [0.2, 0.25) is 0 Å². The monoisotopic (exact) mass is 1350 g/mol. The van der Waals surface area contributed by atoms with E-state index in [2.05, 4.69) is 0 Å². The van der Waals surface area contributed by atoms with Gasteiger partial charge in [0.05, 0.1) is 0 Å².